The van der Waals surface area contributed by atoms with E-state index in [1.54, 1.807) is 12.1 Å². The largest absolute Gasteiger partial charge is 0.491 e. The Bertz CT molecular complexity index is 775. The van der Waals surface area contributed by atoms with Crippen LogP contribution in [0.4, 0.5) is 0 Å². The number of ether oxygens (including phenoxy) is 1. The monoisotopic (exact) mass is 402 g/mol. The van der Waals surface area contributed by atoms with Crippen molar-refractivity contribution in [2.24, 2.45) is 4.99 Å². The second-order valence-electron chi connectivity index (χ2n) is 6.63. The van der Waals surface area contributed by atoms with Gasteiger partial charge in [0.2, 0.25) is 0 Å². The molecule has 158 valence electrons. The molecule has 1 aromatic heterocycles. The van der Waals surface area contributed by atoms with E-state index >= 15 is 0 Å². The first-order valence-electron chi connectivity index (χ1n) is 9.78. The lowest BCUT2D eigenvalue weighted by Gasteiger charge is -2.15. The second kappa shape index (κ2) is 11.8. The minimum Gasteiger partial charge on any atom is -0.491 e. The molecule has 1 unspecified atom stereocenters. The Morgan fingerprint density at radius 3 is 2.66 bits per heavy atom. The Kier molecular flexibility index (Phi) is 9.04. The van der Waals surface area contributed by atoms with Crippen LogP contribution in [0.1, 0.15) is 43.0 Å². The van der Waals surface area contributed by atoms with E-state index in [1.807, 2.05) is 45.0 Å². The number of hydrogen-bond donors (Lipinski definition) is 4. The molecule has 4 N–H and O–H groups in total. The number of furan rings is 1. The maximum Gasteiger partial charge on any atom is 0.287 e. The van der Waals surface area contributed by atoms with Crippen LogP contribution < -0.4 is 20.7 Å². The van der Waals surface area contributed by atoms with E-state index < -0.39 is 6.10 Å². The molecule has 0 fully saturated rings. The molecule has 8 nitrogen and oxygen atoms in total. The summed E-state index contributed by atoms with van der Waals surface area (Å²) >= 11 is 0. The quantitative estimate of drug-likeness (QED) is 0.275. The fourth-order valence-electron chi connectivity index (χ4n) is 2.54. The molecule has 1 amide bonds. The van der Waals surface area contributed by atoms with Crippen molar-refractivity contribution in [3.05, 3.63) is 54.0 Å². The lowest BCUT2D eigenvalue weighted by atomic mass is 10.1. The molecule has 29 heavy (non-hydrogen) atoms. The number of aliphatic imine (C=N–C) groups is 1. The minimum atomic E-state index is -0.750. The third-order valence-corrected chi connectivity index (χ3v) is 3.83. The van der Waals surface area contributed by atoms with Crippen LogP contribution >= 0.6 is 0 Å². The van der Waals surface area contributed by atoms with Gasteiger partial charge in [0.1, 0.15) is 5.75 Å². The maximum atomic E-state index is 11.8. The molecule has 0 bridgehead atoms. The molecular formula is C21H30N4O4. The Labute approximate surface area is 171 Å². The van der Waals surface area contributed by atoms with Crippen molar-refractivity contribution >= 4 is 11.9 Å². The highest BCUT2D eigenvalue weighted by Crippen LogP contribution is 2.20. The van der Waals surface area contributed by atoms with E-state index in [-0.39, 0.29) is 24.3 Å². The molecule has 0 radical (unpaired) electrons. The summed E-state index contributed by atoms with van der Waals surface area (Å²) in [5, 5.41) is 19.5. The molecule has 1 atom stereocenters. The van der Waals surface area contributed by atoms with Crippen LogP contribution in [0.2, 0.25) is 0 Å². The lowest BCUT2D eigenvalue weighted by molar-refractivity contribution is 0.0926. The fourth-order valence-corrected chi connectivity index (χ4v) is 2.54. The number of hydrogen-bond acceptors (Lipinski definition) is 5. The maximum absolute atomic E-state index is 11.8. The third-order valence-electron chi connectivity index (χ3n) is 3.83. The summed E-state index contributed by atoms with van der Waals surface area (Å²) in [6.07, 6.45) is 0.775. The van der Waals surface area contributed by atoms with Gasteiger partial charge in [-0.15, -0.1) is 0 Å². The molecule has 0 aliphatic rings. The van der Waals surface area contributed by atoms with Crippen LogP contribution in [0.25, 0.3) is 0 Å². The highest BCUT2D eigenvalue weighted by molar-refractivity contribution is 5.91. The predicted octanol–water partition coefficient (Wildman–Crippen LogP) is 2.09. The molecule has 0 spiro atoms. The van der Waals surface area contributed by atoms with Gasteiger partial charge in [0.25, 0.3) is 5.91 Å². The van der Waals surface area contributed by atoms with Gasteiger partial charge in [-0.05, 0) is 50.6 Å². The van der Waals surface area contributed by atoms with Crippen molar-refractivity contribution in [1.82, 2.24) is 16.0 Å². The van der Waals surface area contributed by atoms with Crippen LogP contribution in [0, 0.1) is 0 Å². The summed E-state index contributed by atoms with van der Waals surface area (Å²) in [5.74, 6) is 1.29. The molecule has 0 aliphatic carbocycles. The van der Waals surface area contributed by atoms with Crippen LogP contribution in [0.5, 0.6) is 5.75 Å². The second-order valence-corrected chi connectivity index (χ2v) is 6.63. The van der Waals surface area contributed by atoms with Gasteiger partial charge in [0.05, 0.1) is 25.0 Å². The van der Waals surface area contributed by atoms with Gasteiger partial charge in [-0.2, -0.15) is 0 Å². The molecule has 0 saturated heterocycles. The van der Waals surface area contributed by atoms with Crippen molar-refractivity contribution in [2.75, 3.05) is 26.2 Å². The van der Waals surface area contributed by atoms with E-state index in [0.29, 0.717) is 25.6 Å². The fraction of sp³-hybridized carbons (Fsp3) is 0.429. The number of rotatable bonds is 10. The Balaban J connectivity index is 1.83. The summed E-state index contributed by atoms with van der Waals surface area (Å²) in [7, 11) is 0. The Morgan fingerprint density at radius 1 is 1.17 bits per heavy atom. The highest BCUT2D eigenvalue weighted by atomic mass is 16.5. The van der Waals surface area contributed by atoms with Crippen LogP contribution in [0.3, 0.4) is 0 Å². The molecule has 0 aliphatic heterocycles. The summed E-state index contributed by atoms with van der Waals surface area (Å²) in [6.45, 7) is 7.63. The van der Waals surface area contributed by atoms with E-state index in [2.05, 4.69) is 20.9 Å². The van der Waals surface area contributed by atoms with Gasteiger partial charge in [0, 0.05) is 19.6 Å². The normalized spacial score (nSPS) is 12.5. The first-order chi connectivity index (χ1) is 14.0. The Morgan fingerprint density at radius 2 is 1.97 bits per heavy atom. The summed E-state index contributed by atoms with van der Waals surface area (Å²) in [6, 6.07) is 10.7. The minimum absolute atomic E-state index is 0.0678. The van der Waals surface area contributed by atoms with Gasteiger partial charge in [0.15, 0.2) is 11.7 Å². The number of benzene rings is 1. The Hall–Kier alpha value is -3.00. The van der Waals surface area contributed by atoms with E-state index in [0.717, 1.165) is 11.3 Å². The molecular weight excluding hydrogens is 372 g/mol. The molecule has 8 heteroatoms. The summed E-state index contributed by atoms with van der Waals surface area (Å²) in [4.78, 5) is 16.2. The number of amides is 1. The van der Waals surface area contributed by atoms with Crippen molar-refractivity contribution in [1.29, 1.82) is 0 Å². The van der Waals surface area contributed by atoms with E-state index in [9.17, 15) is 9.90 Å². The topological polar surface area (TPSA) is 108 Å². The van der Waals surface area contributed by atoms with Gasteiger partial charge < -0.3 is 30.2 Å². The van der Waals surface area contributed by atoms with Crippen molar-refractivity contribution in [3.63, 3.8) is 0 Å². The number of aliphatic hydroxyl groups is 1. The van der Waals surface area contributed by atoms with Gasteiger partial charge in [-0.25, -0.2) is 0 Å². The molecule has 1 heterocycles. The van der Waals surface area contributed by atoms with Crippen LogP contribution in [-0.2, 0) is 0 Å². The first-order valence-corrected chi connectivity index (χ1v) is 9.78. The van der Waals surface area contributed by atoms with Gasteiger partial charge in [-0.1, -0.05) is 12.1 Å². The van der Waals surface area contributed by atoms with Crippen molar-refractivity contribution < 1.29 is 19.1 Å². The van der Waals surface area contributed by atoms with Gasteiger partial charge >= 0.3 is 0 Å². The number of nitrogens with one attached hydrogen (secondary N) is 3. The number of nitrogens with zero attached hydrogens (tertiary/aromatic N) is 1. The molecule has 1 aromatic carbocycles. The van der Waals surface area contributed by atoms with E-state index in [1.165, 1.54) is 6.26 Å². The number of guanidine groups is 1. The van der Waals surface area contributed by atoms with Crippen molar-refractivity contribution in [3.8, 4) is 5.75 Å². The smallest absolute Gasteiger partial charge is 0.287 e. The first kappa shape index (κ1) is 22.3. The summed E-state index contributed by atoms with van der Waals surface area (Å²) in [5.41, 5.74) is 0.744. The SMILES string of the molecule is CCNC(=NCC(O)c1cccc(OC(C)C)c1)NCCNC(=O)c1ccco1. The lowest BCUT2D eigenvalue weighted by Crippen LogP contribution is -2.41. The average Bonchev–Trinajstić information content (AvgIpc) is 3.23. The zero-order chi connectivity index (χ0) is 21.1. The number of aliphatic hydroxyl groups excluding tert-OH is 1. The zero-order valence-electron chi connectivity index (χ0n) is 17.1. The number of carbonyl (C=O) groups excluding carboxylic acids is 1. The number of carbonyl (C=O) groups is 1. The van der Waals surface area contributed by atoms with E-state index in [4.69, 9.17) is 9.15 Å². The third kappa shape index (κ3) is 7.87. The van der Waals surface area contributed by atoms with Crippen molar-refractivity contribution in [2.45, 2.75) is 33.0 Å². The van der Waals surface area contributed by atoms with Gasteiger partial charge in [-0.3, -0.25) is 9.79 Å². The zero-order valence-corrected chi connectivity index (χ0v) is 17.1. The average molecular weight is 402 g/mol. The van der Waals surface area contributed by atoms with Crippen LogP contribution in [0.15, 0.2) is 52.1 Å². The predicted molar refractivity (Wildman–Crippen MR) is 112 cm³/mol. The van der Waals surface area contributed by atoms with Crippen LogP contribution in [-0.4, -0.2) is 49.3 Å². The molecule has 2 rings (SSSR count). The molecule has 0 saturated carbocycles. The molecule has 2 aromatic rings. The highest BCUT2D eigenvalue weighted by Gasteiger charge is 2.10. The standard InChI is InChI=1S/C21H30N4O4/c1-4-22-21(24-11-10-23-20(27)19-9-6-12-28-19)25-14-18(26)16-7-5-8-17(13-16)29-15(2)3/h5-9,12-13,15,18,26H,4,10-11,14H2,1-3H3,(H,23,27)(H2,22,24,25). The summed E-state index contributed by atoms with van der Waals surface area (Å²) < 4.78 is 10.7.